The second kappa shape index (κ2) is 8.99. The van der Waals surface area contributed by atoms with Gasteiger partial charge in [0.15, 0.2) is 11.6 Å². The van der Waals surface area contributed by atoms with Crippen LogP contribution in [-0.4, -0.2) is 36.3 Å². The molecular formula is C14H16BrF3N8. The predicted molar refractivity (Wildman–Crippen MR) is 96.2 cm³/mol. The van der Waals surface area contributed by atoms with Crippen molar-refractivity contribution >= 4 is 38.6 Å². The topological polar surface area (TPSA) is 112 Å². The Kier molecular flexibility index (Phi) is 6.72. The average Bonchev–Trinajstić information content (AvgIpc) is 3.16. The van der Waals surface area contributed by atoms with Crippen molar-refractivity contribution < 1.29 is 14.5 Å². The quantitative estimate of drug-likeness (QED) is 0.440. The smallest absolute Gasteiger partial charge is 0.327 e. The number of halogens is 4. The van der Waals surface area contributed by atoms with Crippen LogP contribution in [-0.2, 0) is 0 Å². The maximum Gasteiger partial charge on any atom is 0.327 e. The first-order chi connectivity index (χ1) is 12.4. The lowest BCUT2D eigenvalue weighted by Gasteiger charge is -1.97. The summed E-state index contributed by atoms with van der Waals surface area (Å²) in [5.41, 5.74) is 12.0. The van der Waals surface area contributed by atoms with E-state index >= 15 is 0 Å². The Morgan fingerprint density at radius 2 is 1.62 bits per heavy atom. The maximum absolute atomic E-state index is 12.6. The van der Waals surface area contributed by atoms with Crippen LogP contribution in [0.1, 0.15) is 8.80 Å². The molecule has 4 heterocycles. The molecule has 0 amide bonds. The van der Waals surface area contributed by atoms with Crippen molar-refractivity contribution in [1.82, 2.24) is 29.2 Å². The molecule has 0 aliphatic carbocycles. The number of hydrogen-bond donors (Lipinski definition) is 2. The largest absolute Gasteiger partial charge is 0.382 e. The highest BCUT2D eigenvalue weighted by molar-refractivity contribution is 9.10. The van der Waals surface area contributed by atoms with E-state index in [9.17, 15) is 13.2 Å². The molecule has 4 aromatic rings. The summed E-state index contributed by atoms with van der Waals surface area (Å²) in [5.74, 6) is 0.288. The van der Waals surface area contributed by atoms with Crippen molar-refractivity contribution in [2.75, 3.05) is 18.6 Å². The lowest BCUT2D eigenvalue weighted by atomic mass is 10.5. The minimum Gasteiger partial charge on any atom is -0.382 e. The number of fused-ring (bicyclic) bond motifs is 2. The zero-order valence-corrected chi connectivity index (χ0v) is 14.0. The molecule has 0 fully saturated rings. The van der Waals surface area contributed by atoms with Gasteiger partial charge < -0.3 is 11.5 Å². The number of anilines is 2. The monoisotopic (exact) mass is 433 g/mol. The number of hydrogen-bond acceptors (Lipinski definition) is 6. The zero-order chi connectivity index (χ0) is 19.3. The average molecular weight is 434 g/mol. The number of nitrogens with two attached hydrogens (primary N) is 2. The Balaban J connectivity index is 0.000000229. The standard InChI is InChI=1S/C6H4BrFN4.C6H5FN4.CH3F.CH4/c7-4-2-1-3-5(9)10-6(8)11-12(3)4;7-6-9-5(8)4-2-1-3-11(4)10-6;1-2;/h1-2H,(H2,9,10,11);1-3H,(H2,8,9,10);1H3;1H4/i;;1D;. The molecule has 0 atom stereocenters. The van der Waals surface area contributed by atoms with Gasteiger partial charge in [0.1, 0.15) is 15.6 Å². The summed E-state index contributed by atoms with van der Waals surface area (Å²) < 4.78 is 43.9. The Morgan fingerprint density at radius 3 is 2.27 bits per heavy atom. The molecule has 26 heavy (non-hydrogen) atoms. The summed E-state index contributed by atoms with van der Waals surface area (Å²) in [6, 6.07) is 6.87. The van der Waals surface area contributed by atoms with E-state index in [0.717, 1.165) is 0 Å². The van der Waals surface area contributed by atoms with E-state index in [2.05, 4.69) is 36.1 Å². The fourth-order valence-electron chi connectivity index (χ4n) is 1.89. The van der Waals surface area contributed by atoms with Crippen molar-refractivity contribution in [1.29, 1.82) is 0 Å². The minimum atomic E-state index is -1.00. The van der Waals surface area contributed by atoms with E-state index in [4.69, 9.17) is 12.8 Å². The molecule has 0 saturated heterocycles. The molecular weight excluding hydrogens is 417 g/mol. The Morgan fingerprint density at radius 1 is 1.04 bits per heavy atom. The van der Waals surface area contributed by atoms with Crippen LogP contribution in [0.3, 0.4) is 0 Å². The zero-order valence-electron chi connectivity index (χ0n) is 13.4. The van der Waals surface area contributed by atoms with Crippen LogP contribution in [0.15, 0.2) is 35.1 Å². The highest BCUT2D eigenvalue weighted by Gasteiger charge is 2.06. The molecule has 4 rings (SSSR count). The van der Waals surface area contributed by atoms with Gasteiger partial charge in [-0.25, -0.2) is 9.03 Å². The van der Waals surface area contributed by atoms with Gasteiger partial charge in [0.05, 0.1) is 8.52 Å². The summed E-state index contributed by atoms with van der Waals surface area (Å²) in [7, 11) is -1.00. The fourth-order valence-corrected chi connectivity index (χ4v) is 2.29. The van der Waals surface area contributed by atoms with Gasteiger partial charge in [-0.3, -0.25) is 4.39 Å². The summed E-state index contributed by atoms with van der Waals surface area (Å²) in [6.45, 7) is 0. The van der Waals surface area contributed by atoms with Gasteiger partial charge in [0.2, 0.25) is 0 Å². The van der Waals surface area contributed by atoms with Gasteiger partial charge in [0, 0.05) is 6.20 Å². The van der Waals surface area contributed by atoms with E-state index in [0.29, 0.717) is 15.6 Å². The lowest BCUT2D eigenvalue weighted by molar-refractivity contribution is 0.513. The molecule has 0 bridgehead atoms. The first-order valence-corrected chi connectivity index (χ1v) is 7.24. The molecule has 0 aromatic carbocycles. The van der Waals surface area contributed by atoms with Gasteiger partial charge in [-0.15, -0.1) is 10.2 Å². The second-order valence-corrected chi connectivity index (χ2v) is 5.14. The van der Waals surface area contributed by atoms with Gasteiger partial charge >= 0.3 is 12.2 Å². The van der Waals surface area contributed by atoms with Crippen LogP contribution >= 0.6 is 15.9 Å². The van der Waals surface area contributed by atoms with Crippen LogP contribution in [0.2, 0.25) is 0 Å². The molecule has 0 unspecified atom stereocenters. The summed E-state index contributed by atoms with van der Waals surface area (Å²) in [5, 5.41) is 6.96. The number of alkyl halides is 1. The van der Waals surface area contributed by atoms with Crippen molar-refractivity contribution in [3.8, 4) is 0 Å². The molecule has 0 saturated carbocycles. The first kappa shape index (κ1) is 19.4. The SMILES string of the molecule is C.Nc1nc(F)nn2c(Br)ccc12.Nc1nc(F)nn2cccc12.[2H]CF. The van der Waals surface area contributed by atoms with E-state index in [1.54, 1.807) is 30.5 Å². The third-order valence-electron chi connectivity index (χ3n) is 2.86. The van der Waals surface area contributed by atoms with Crippen LogP contribution < -0.4 is 11.5 Å². The maximum atomic E-state index is 12.6. The summed E-state index contributed by atoms with van der Waals surface area (Å²) >= 11 is 3.19. The van der Waals surface area contributed by atoms with Gasteiger partial charge in [-0.05, 0) is 40.2 Å². The second-order valence-electron chi connectivity index (χ2n) is 4.32. The lowest BCUT2D eigenvalue weighted by Crippen LogP contribution is -2.03. The molecule has 4 aromatic heterocycles. The molecule has 0 aliphatic heterocycles. The normalized spacial score (nSPS) is 10.2. The Labute approximate surface area is 156 Å². The van der Waals surface area contributed by atoms with Crippen LogP contribution in [0.4, 0.5) is 24.8 Å². The third-order valence-corrected chi connectivity index (χ3v) is 3.46. The Bertz CT molecular complexity index is 1020. The summed E-state index contributed by atoms with van der Waals surface area (Å²) in [4.78, 5) is 6.73. The van der Waals surface area contributed by atoms with Crippen molar-refractivity contribution in [2.24, 2.45) is 0 Å². The molecule has 0 aliphatic rings. The number of nitrogens with zero attached hydrogens (tertiary/aromatic N) is 6. The molecule has 4 N–H and O–H groups in total. The molecule has 0 radical (unpaired) electrons. The molecule has 0 spiro atoms. The highest BCUT2D eigenvalue weighted by Crippen LogP contribution is 2.17. The Hall–Kier alpha value is -2.89. The van der Waals surface area contributed by atoms with E-state index in [1.807, 2.05) is 0 Å². The molecule has 12 heteroatoms. The third kappa shape index (κ3) is 4.39. The van der Waals surface area contributed by atoms with Crippen LogP contribution in [0.5, 0.6) is 0 Å². The van der Waals surface area contributed by atoms with Crippen molar-refractivity contribution in [2.45, 2.75) is 7.43 Å². The van der Waals surface area contributed by atoms with Crippen LogP contribution in [0, 0.1) is 12.2 Å². The number of aromatic nitrogens is 6. The van der Waals surface area contributed by atoms with Gasteiger partial charge in [-0.2, -0.15) is 18.7 Å². The van der Waals surface area contributed by atoms with Crippen molar-refractivity contribution in [3.63, 3.8) is 0 Å². The fraction of sp³-hybridized carbons (Fsp3) is 0.143. The predicted octanol–water partition coefficient (Wildman–Crippen LogP) is 2.89. The van der Waals surface area contributed by atoms with Gasteiger partial charge in [0.25, 0.3) is 0 Å². The molecule has 8 nitrogen and oxygen atoms in total. The first-order valence-electron chi connectivity index (χ1n) is 7.16. The van der Waals surface area contributed by atoms with E-state index in [1.165, 1.54) is 9.03 Å². The van der Waals surface area contributed by atoms with E-state index in [-0.39, 0.29) is 19.1 Å². The number of nitrogen functional groups attached to an aromatic ring is 2. The van der Waals surface area contributed by atoms with E-state index < -0.39 is 19.3 Å². The van der Waals surface area contributed by atoms with Gasteiger partial charge in [-0.1, -0.05) is 7.43 Å². The number of rotatable bonds is 0. The minimum absolute atomic E-state index is 0. The highest BCUT2D eigenvalue weighted by atomic mass is 79.9. The van der Waals surface area contributed by atoms with Crippen molar-refractivity contribution in [3.05, 3.63) is 47.2 Å². The summed E-state index contributed by atoms with van der Waals surface area (Å²) in [6.07, 6.45) is -0.0423. The van der Waals surface area contributed by atoms with Crippen LogP contribution in [0.25, 0.3) is 11.0 Å². The molecule has 140 valence electrons.